The zero-order valence-electron chi connectivity index (χ0n) is 14.3. The third kappa shape index (κ3) is 2.67. The third-order valence-electron chi connectivity index (χ3n) is 4.08. The molecule has 2 aromatic heterocycles. The average Bonchev–Trinajstić information content (AvgIpc) is 2.93. The molecular formula is C20H20N2O3. The number of aromatic nitrogens is 2. The minimum Gasteiger partial charge on any atom is -0.449 e. The van der Waals surface area contributed by atoms with Gasteiger partial charge in [-0.15, -0.1) is 0 Å². The maximum atomic E-state index is 12.7. The molecule has 0 aliphatic carbocycles. The monoisotopic (exact) mass is 336 g/mol. The molecule has 2 heterocycles. The number of fused-ring (bicyclic) bond motifs is 3. The van der Waals surface area contributed by atoms with Crippen LogP contribution in [0.5, 0.6) is 0 Å². The molecule has 128 valence electrons. The summed E-state index contributed by atoms with van der Waals surface area (Å²) in [6.07, 6.45) is 5.81. The predicted molar refractivity (Wildman–Crippen MR) is 102 cm³/mol. The van der Waals surface area contributed by atoms with Crippen molar-refractivity contribution in [2.75, 3.05) is 6.61 Å². The first kappa shape index (κ1) is 16.8. The van der Waals surface area contributed by atoms with Crippen LogP contribution in [0.1, 0.15) is 31.5 Å². The Bertz CT molecular complexity index is 1050. The van der Waals surface area contributed by atoms with Gasteiger partial charge in [0.15, 0.2) is 0 Å². The van der Waals surface area contributed by atoms with Crippen molar-refractivity contribution in [1.29, 1.82) is 0 Å². The summed E-state index contributed by atoms with van der Waals surface area (Å²) >= 11 is 0. The van der Waals surface area contributed by atoms with Gasteiger partial charge in [0.05, 0.1) is 23.3 Å². The van der Waals surface area contributed by atoms with Gasteiger partial charge < -0.3 is 9.72 Å². The standard InChI is InChI=1S/C20H20N2O3/c1-4-7-12-16-13(5-2)17-18(22(16)20(24)25-6-3)14-10-8-9-11-15(14)19(23)21-17/h5,7-12H,2,4,6H2,1,3H3,(H,21,23)/b12-7-. The molecule has 0 aliphatic heterocycles. The molecule has 1 N–H and O–H groups in total. The maximum Gasteiger partial charge on any atom is 0.419 e. The first-order chi connectivity index (χ1) is 12.1. The SMILES string of the molecule is C=Cc1c(/C=C\CC)n(C(=O)OCC)c2c1[nH]c(=O)c1ccccc12. The number of pyridine rings is 1. The molecule has 25 heavy (non-hydrogen) atoms. The Balaban J connectivity index is 2.56. The van der Waals surface area contributed by atoms with Crippen LogP contribution in [-0.2, 0) is 4.74 Å². The number of H-pyrrole nitrogens is 1. The van der Waals surface area contributed by atoms with Crippen molar-refractivity contribution in [3.63, 3.8) is 0 Å². The number of benzene rings is 1. The highest BCUT2D eigenvalue weighted by Crippen LogP contribution is 2.31. The molecule has 3 rings (SSSR count). The lowest BCUT2D eigenvalue weighted by Crippen LogP contribution is -2.16. The van der Waals surface area contributed by atoms with E-state index < -0.39 is 6.09 Å². The fourth-order valence-electron chi connectivity index (χ4n) is 3.04. The second kappa shape index (κ2) is 6.81. The Hall–Kier alpha value is -3.08. The molecule has 0 radical (unpaired) electrons. The van der Waals surface area contributed by atoms with Crippen LogP contribution in [0, 0.1) is 0 Å². The molecule has 5 heteroatoms. The summed E-state index contributed by atoms with van der Waals surface area (Å²) in [6.45, 7) is 7.90. The largest absolute Gasteiger partial charge is 0.449 e. The van der Waals surface area contributed by atoms with Crippen molar-refractivity contribution in [3.8, 4) is 0 Å². The van der Waals surface area contributed by atoms with Gasteiger partial charge in [0.1, 0.15) is 0 Å². The fourth-order valence-corrected chi connectivity index (χ4v) is 3.04. The van der Waals surface area contributed by atoms with E-state index in [4.69, 9.17) is 4.74 Å². The molecular weight excluding hydrogens is 316 g/mol. The number of ether oxygens (including phenoxy) is 1. The molecule has 0 spiro atoms. The number of nitrogens with zero attached hydrogens (tertiary/aromatic N) is 1. The molecule has 0 aliphatic rings. The predicted octanol–water partition coefficient (Wildman–Crippen LogP) is 4.55. The van der Waals surface area contributed by atoms with E-state index >= 15 is 0 Å². The summed E-state index contributed by atoms with van der Waals surface area (Å²) in [6, 6.07) is 7.22. The smallest absolute Gasteiger partial charge is 0.419 e. The van der Waals surface area contributed by atoms with Gasteiger partial charge in [-0.3, -0.25) is 4.79 Å². The fraction of sp³-hybridized carbons (Fsp3) is 0.200. The van der Waals surface area contributed by atoms with E-state index in [9.17, 15) is 9.59 Å². The quantitative estimate of drug-likeness (QED) is 0.760. The van der Waals surface area contributed by atoms with Gasteiger partial charge in [-0.05, 0) is 25.5 Å². The molecule has 1 aromatic carbocycles. The zero-order valence-corrected chi connectivity index (χ0v) is 14.3. The van der Waals surface area contributed by atoms with Gasteiger partial charge in [-0.1, -0.05) is 43.9 Å². The van der Waals surface area contributed by atoms with Crippen LogP contribution < -0.4 is 5.56 Å². The van der Waals surface area contributed by atoms with Gasteiger partial charge in [0.25, 0.3) is 5.56 Å². The molecule has 0 fully saturated rings. The van der Waals surface area contributed by atoms with Gasteiger partial charge >= 0.3 is 6.09 Å². The molecule has 0 amide bonds. The number of allylic oxidation sites excluding steroid dienone is 1. The Morgan fingerprint density at radius 3 is 2.64 bits per heavy atom. The zero-order chi connectivity index (χ0) is 18.0. The van der Waals surface area contributed by atoms with Gasteiger partial charge in [0, 0.05) is 16.3 Å². The molecule has 3 aromatic rings. The Morgan fingerprint density at radius 2 is 2.00 bits per heavy atom. The second-order valence-corrected chi connectivity index (χ2v) is 5.57. The summed E-state index contributed by atoms with van der Waals surface area (Å²) in [5.41, 5.74) is 2.37. The van der Waals surface area contributed by atoms with E-state index in [1.807, 2.05) is 31.2 Å². The van der Waals surface area contributed by atoms with Crippen LogP contribution in [0.15, 0.2) is 41.7 Å². The normalized spacial score (nSPS) is 11.4. The molecule has 0 saturated heterocycles. The number of rotatable bonds is 4. The Labute approximate surface area is 145 Å². The van der Waals surface area contributed by atoms with Crippen LogP contribution >= 0.6 is 0 Å². The number of nitrogens with one attached hydrogen (secondary N) is 1. The number of hydrogen-bond acceptors (Lipinski definition) is 3. The first-order valence-corrected chi connectivity index (χ1v) is 8.29. The van der Waals surface area contributed by atoms with Crippen LogP contribution in [0.2, 0.25) is 0 Å². The first-order valence-electron chi connectivity index (χ1n) is 8.29. The molecule has 0 bridgehead atoms. The lowest BCUT2D eigenvalue weighted by atomic mass is 10.1. The summed E-state index contributed by atoms with van der Waals surface area (Å²) in [5.74, 6) is 0. The summed E-state index contributed by atoms with van der Waals surface area (Å²) in [4.78, 5) is 28.0. The molecule has 0 saturated carbocycles. The molecule has 5 nitrogen and oxygen atoms in total. The van der Waals surface area contributed by atoms with Crippen LogP contribution in [0.25, 0.3) is 34.0 Å². The van der Waals surface area contributed by atoms with Crippen molar-refractivity contribution in [3.05, 3.63) is 58.5 Å². The highest BCUT2D eigenvalue weighted by molar-refractivity contribution is 6.11. The van der Waals surface area contributed by atoms with E-state index in [1.165, 1.54) is 4.57 Å². The maximum absolute atomic E-state index is 12.7. The Morgan fingerprint density at radius 1 is 1.28 bits per heavy atom. The minimum absolute atomic E-state index is 0.196. The van der Waals surface area contributed by atoms with Crippen molar-refractivity contribution >= 4 is 40.1 Å². The minimum atomic E-state index is -0.478. The second-order valence-electron chi connectivity index (χ2n) is 5.57. The topological polar surface area (TPSA) is 64.1 Å². The summed E-state index contributed by atoms with van der Waals surface area (Å²) < 4.78 is 6.77. The highest BCUT2D eigenvalue weighted by atomic mass is 16.5. The van der Waals surface area contributed by atoms with E-state index in [-0.39, 0.29) is 12.2 Å². The van der Waals surface area contributed by atoms with Crippen LogP contribution in [0.3, 0.4) is 0 Å². The average molecular weight is 336 g/mol. The van der Waals surface area contributed by atoms with Crippen LogP contribution in [0.4, 0.5) is 4.79 Å². The van der Waals surface area contributed by atoms with E-state index in [1.54, 1.807) is 25.1 Å². The molecule has 0 atom stereocenters. The summed E-state index contributed by atoms with van der Waals surface area (Å²) in [5, 5.41) is 1.23. The number of carbonyl (C=O) groups excluding carboxylic acids is 1. The number of aromatic amines is 1. The van der Waals surface area contributed by atoms with E-state index in [2.05, 4.69) is 11.6 Å². The lowest BCUT2D eigenvalue weighted by molar-refractivity contribution is 0.155. The van der Waals surface area contributed by atoms with Crippen molar-refractivity contribution in [1.82, 2.24) is 9.55 Å². The van der Waals surface area contributed by atoms with E-state index in [0.29, 0.717) is 33.1 Å². The molecule has 0 unspecified atom stereocenters. The van der Waals surface area contributed by atoms with Gasteiger partial charge in [0.2, 0.25) is 0 Å². The number of hydrogen-bond donors (Lipinski definition) is 1. The summed E-state index contributed by atoms with van der Waals surface area (Å²) in [7, 11) is 0. The van der Waals surface area contributed by atoms with Crippen LogP contribution in [-0.4, -0.2) is 22.3 Å². The third-order valence-corrected chi connectivity index (χ3v) is 4.08. The lowest BCUT2D eigenvalue weighted by Gasteiger charge is -2.08. The van der Waals surface area contributed by atoms with Gasteiger partial charge in [-0.2, -0.15) is 0 Å². The van der Waals surface area contributed by atoms with Crippen molar-refractivity contribution < 1.29 is 9.53 Å². The highest BCUT2D eigenvalue weighted by Gasteiger charge is 2.22. The van der Waals surface area contributed by atoms with Gasteiger partial charge in [-0.25, -0.2) is 9.36 Å². The Kier molecular flexibility index (Phi) is 4.57. The van der Waals surface area contributed by atoms with E-state index in [0.717, 1.165) is 6.42 Å². The van der Waals surface area contributed by atoms with Crippen molar-refractivity contribution in [2.24, 2.45) is 0 Å². The van der Waals surface area contributed by atoms with Crippen molar-refractivity contribution in [2.45, 2.75) is 20.3 Å². The number of carbonyl (C=O) groups is 1.